The fourth-order valence-corrected chi connectivity index (χ4v) is 1.55. The van der Waals surface area contributed by atoms with Crippen molar-refractivity contribution in [3.05, 3.63) is 11.8 Å². The van der Waals surface area contributed by atoms with Gasteiger partial charge in [-0.15, -0.1) is 4.90 Å². The molecule has 2 amide bonds. The highest BCUT2D eigenvalue weighted by Gasteiger charge is 2.35. The predicted octanol–water partition coefficient (Wildman–Crippen LogP) is 2.97. The number of carbonyl (C=O) groups is 3. The minimum atomic E-state index is -1.04. The van der Waals surface area contributed by atoms with Crippen LogP contribution in [0.5, 0.6) is 5.88 Å². The number of carbonyl (C=O) groups excluding carboxylic acids is 3. The lowest BCUT2D eigenvalue weighted by molar-refractivity contribution is 0.0426. The molecule has 0 aliphatic carbocycles. The van der Waals surface area contributed by atoms with Crippen LogP contribution in [0.15, 0.2) is 6.07 Å². The van der Waals surface area contributed by atoms with E-state index in [1.54, 1.807) is 41.5 Å². The van der Waals surface area contributed by atoms with E-state index >= 15 is 0 Å². The summed E-state index contributed by atoms with van der Waals surface area (Å²) < 4.78 is 15.4. The number of hydrogen-bond donors (Lipinski definition) is 0. The van der Waals surface area contributed by atoms with E-state index < -0.39 is 23.4 Å². The number of amides is 2. The van der Waals surface area contributed by atoms with Gasteiger partial charge in [0.25, 0.3) is 0 Å². The van der Waals surface area contributed by atoms with Crippen LogP contribution in [0.2, 0.25) is 0 Å². The van der Waals surface area contributed by atoms with E-state index in [4.69, 9.17) is 14.2 Å². The third-order valence-electron chi connectivity index (χ3n) is 2.39. The van der Waals surface area contributed by atoms with Gasteiger partial charge in [-0.25, -0.2) is 14.6 Å². The zero-order valence-corrected chi connectivity index (χ0v) is 15.4. The number of hydrogen-bond acceptors (Lipinski definition) is 8. The first-order valence-corrected chi connectivity index (χ1v) is 7.50. The number of rotatable bonds is 3. The minimum Gasteiger partial charge on any atom is -0.481 e. The first-order chi connectivity index (χ1) is 11.4. The molecule has 0 aliphatic heterocycles. The minimum absolute atomic E-state index is 0.00390. The van der Waals surface area contributed by atoms with Gasteiger partial charge in [0.05, 0.1) is 7.11 Å². The third-order valence-corrected chi connectivity index (χ3v) is 2.39. The summed E-state index contributed by atoms with van der Waals surface area (Å²) in [5.74, 6) is -0.380. The van der Waals surface area contributed by atoms with Crippen LogP contribution in [0, 0.1) is 0 Å². The van der Waals surface area contributed by atoms with Crippen molar-refractivity contribution in [2.24, 2.45) is 0 Å². The van der Waals surface area contributed by atoms with Crippen LogP contribution in [0.3, 0.4) is 0 Å². The van der Waals surface area contributed by atoms with Crippen LogP contribution in [0.25, 0.3) is 0 Å². The van der Waals surface area contributed by atoms with Crippen LogP contribution in [0.4, 0.5) is 15.5 Å². The Morgan fingerprint density at radius 1 is 1.00 bits per heavy atom. The van der Waals surface area contributed by atoms with Crippen molar-refractivity contribution < 1.29 is 28.6 Å². The molecular weight excluding hydrogens is 330 g/mol. The molecule has 1 aromatic heterocycles. The van der Waals surface area contributed by atoms with Gasteiger partial charge in [0, 0.05) is 6.07 Å². The SMILES string of the molecule is COc1cc(C=O)nc(N(C(=O)OC(C)(C)C)C(=O)OC(C)(C)C)n1. The highest BCUT2D eigenvalue weighted by atomic mass is 16.6. The van der Waals surface area contributed by atoms with Crippen molar-refractivity contribution in [2.45, 2.75) is 52.7 Å². The molecule has 0 aromatic carbocycles. The molecule has 0 atom stereocenters. The Morgan fingerprint density at radius 2 is 1.48 bits per heavy atom. The number of anilines is 1. The number of aldehydes is 1. The molecule has 1 rings (SSSR count). The number of aromatic nitrogens is 2. The predicted molar refractivity (Wildman–Crippen MR) is 88.9 cm³/mol. The average Bonchev–Trinajstić information content (AvgIpc) is 2.43. The van der Waals surface area contributed by atoms with Gasteiger partial charge < -0.3 is 14.2 Å². The highest BCUT2D eigenvalue weighted by molar-refractivity contribution is 6.08. The number of methoxy groups -OCH3 is 1. The van der Waals surface area contributed by atoms with Crippen LogP contribution >= 0.6 is 0 Å². The van der Waals surface area contributed by atoms with E-state index in [2.05, 4.69) is 9.97 Å². The Labute approximate surface area is 146 Å². The zero-order chi connectivity index (χ0) is 19.4. The van der Waals surface area contributed by atoms with E-state index in [-0.39, 0.29) is 17.5 Å². The first kappa shape index (κ1) is 20.3. The summed E-state index contributed by atoms with van der Waals surface area (Å²) in [4.78, 5) is 44.3. The smallest absolute Gasteiger partial charge is 0.427 e. The molecule has 0 bridgehead atoms. The molecular formula is C16H23N3O6. The molecule has 9 nitrogen and oxygen atoms in total. The molecule has 0 N–H and O–H groups in total. The zero-order valence-electron chi connectivity index (χ0n) is 15.4. The summed E-state index contributed by atoms with van der Waals surface area (Å²) in [6.45, 7) is 9.84. The van der Waals surface area contributed by atoms with E-state index in [0.29, 0.717) is 11.2 Å². The van der Waals surface area contributed by atoms with Gasteiger partial charge in [-0.05, 0) is 41.5 Å². The number of imide groups is 1. The van der Waals surface area contributed by atoms with Crippen molar-refractivity contribution in [3.8, 4) is 5.88 Å². The Bertz CT molecular complexity index is 633. The fraction of sp³-hybridized carbons (Fsp3) is 0.562. The largest absolute Gasteiger partial charge is 0.481 e. The van der Waals surface area contributed by atoms with Crippen molar-refractivity contribution in [3.63, 3.8) is 0 Å². The van der Waals surface area contributed by atoms with Crippen LogP contribution in [-0.4, -0.2) is 46.8 Å². The van der Waals surface area contributed by atoms with Crippen LogP contribution < -0.4 is 9.64 Å². The normalized spacial score (nSPS) is 11.5. The second-order valence-electron chi connectivity index (χ2n) is 7.05. The molecule has 0 unspecified atom stereocenters. The second kappa shape index (κ2) is 7.45. The van der Waals surface area contributed by atoms with Crippen molar-refractivity contribution in [1.29, 1.82) is 0 Å². The maximum atomic E-state index is 12.5. The van der Waals surface area contributed by atoms with Gasteiger partial charge in [0.1, 0.15) is 16.9 Å². The Balaban J connectivity index is 3.37. The molecule has 0 spiro atoms. The monoisotopic (exact) mass is 353 g/mol. The lowest BCUT2D eigenvalue weighted by atomic mass is 10.2. The Morgan fingerprint density at radius 3 is 1.84 bits per heavy atom. The molecule has 0 aliphatic rings. The topological polar surface area (TPSA) is 108 Å². The maximum absolute atomic E-state index is 12.5. The van der Waals surface area contributed by atoms with Gasteiger partial charge in [-0.3, -0.25) is 4.79 Å². The molecule has 0 saturated carbocycles. The standard InChI is InChI=1S/C16H23N3O6/c1-15(2,3)24-13(21)19(14(22)25-16(4,5)6)12-17-10(9-20)8-11(18-12)23-7/h8-9H,1-7H3. The summed E-state index contributed by atoms with van der Waals surface area (Å²) in [5.41, 5.74) is -1.81. The Hall–Kier alpha value is -2.71. The van der Waals surface area contributed by atoms with Crippen molar-refractivity contribution in [1.82, 2.24) is 9.97 Å². The highest BCUT2D eigenvalue weighted by Crippen LogP contribution is 2.21. The van der Waals surface area contributed by atoms with Crippen LogP contribution in [0.1, 0.15) is 52.0 Å². The van der Waals surface area contributed by atoms with Crippen molar-refractivity contribution in [2.75, 3.05) is 12.0 Å². The number of nitrogens with zero attached hydrogens (tertiary/aromatic N) is 3. The molecule has 138 valence electrons. The third kappa shape index (κ3) is 6.36. The lowest BCUT2D eigenvalue weighted by Gasteiger charge is -2.27. The van der Waals surface area contributed by atoms with Gasteiger partial charge in [0.15, 0.2) is 6.29 Å². The average molecular weight is 353 g/mol. The van der Waals surface area contributed by atoms with Gasteiger partial charge in [0.2, 0.25) is 11.8 Å². The summed E-state index contributed by atoms with van der Waals surface area (Å²) >= 11 is 0. The number of ether oxygens (including phenoxy) is 3. The molecule has 0 saturated heterocycles. The fourth-order valence-electron chi connectivity index (χ4n) is 1.55. The lowest BCUT2D eigenvalue weighted by Crippen LogP contribution is -2.44. The van der Waals surface area contributed by atoms with E-state index in [1.165, 1.54) is 13.2 Å². The van der Waals surface area contributed by atoms with Gasteiger partial charge in [-0.1, -0.05) is 0 Å². The molecule has 25 heavy (non-hydrogen) atoms. The Kier molecular flexibility index (Phi) is 6.06. The van der Waals surface area contributed by atoms with Crippen molar-refractivity contribution >= 4 is 24.4 Å². The molecule has 1 aromatic rings. The van der Waals surface area contributed by atoms with E-state index in [9.17, 15) is 14.4 Å². The summed E-state index contributed by atoms with van der Waals surface area (Å²) in [5, 5.41) is 0. The van der Waals surface area contributed by atoms with Crippen LogP contribution in [-0.2, 0) is 9.47 Å². The van der Waals surface area contributed by atoms with Gasteiger partial charge >= 0.3 is 12.2 Å². The molecule has 0 radical (unpaired) electrons. The van der Waals surface area contributed by atoms with Gasteiger partial charge in [-0.2, -0.15) is 4.98 Å². The molecule has 9 heteroatoms. The van der Waals surface area contributed by atoms with E-state index in [1.807, 2.05) is 0 Å². The second-order valence-corrected chi connectivity index (χ2v) is 7.05. The molecule has 0 fully saturated rings. The summed E-state index contributed by atoms with van der Waals surface area (Å²) in [6.07, 6.45) is -1.63. The first-order valence-electron chi connectivity index (χ1n) is 7.50. The summed E-state index contributed by atoms with van der Waals surface area (Å²) in [6, 6.07) is 1.26. The van der Waals surface area contributed by atoms with E-state index in [0.717, 1.165) is 0 Å². The quantitative estimate of drug-likeness (QED) is 0.763. The maximum Gasteiger partial charge on any atom is 0.427 e. The molecule has 1 heterocycles. The summed E-state index contributed by atoms with van der Waals surface area (Å²) in [7, 11) is 1.33.